The maximum atomic E-state index is 12.5. The van der Waals surface area contributed by atoms with Crippen molar-refractivity contribution in [3.63, 3.8) is 0 Å². The molecule has 2 heteroatoms. The fourth-order valence-electron chi connectivity index (χ4n) is 4.24. The standard InChI is InChI=1S/C15H25NO/c1-3-11-4-5-12(6-11)15(17)16-8-13-7-14(9-16)10(13)2/h10-14H,3-9H2,1-2H3. The van der Waals surface area contributed by atoms with Crippen LogP contribution in [-0.2, 0) is 4.79 Å². The average molecular weight is 235 g/mol. The molecule has 4 unspecified atom stereocenters. The molecule has 0 radical (unpaired) electrons. The summed E-state index contributed by atoms with van der Waals surface area (Å²) in [6.45, 7) is 6.74. The lowest BCUT2D eigenvalue weighted by Crippen LogP contribution is -2.56. The molecule has 17 heavy (non-hydrogen) atoms. The van der Waals surface area contributed by atoms with E-state index >= 15 is 0 Å². The first-order valence-electron chi connectivity index (χ1n) is 7.47. The van der Waals surface area contributed by atoms with Crippen molar-refractivity contribution in [3.05, 3.63) is 0 Å². The Morgan fingerprint density at radius 2 is 1.88 bits per heavy atom. The van der Waals surface area contributed by atoms with Crippen LogP contribution in [0.3, 0.4) is 0 Å². The summed E-state index contributed by atoms with van der Waals surface area (Å²) in [5.74, 6) is 4.20. The van der Waals surface area contributed by atoms with Gasteiger partial charge in [0.05, 0.1) is 0 Å². The van der Waals surface area contributed by atoms with Gasteiger partial charge in [0.1, 0.15) is 0 Å². The molecule has 0 aromatic rings. The van der Waals surface area contributed by atoms with Gasteiger partial charge in [0.2, 0.25) is 5.91 Å². The zero-order chi connectivity index (χ0) is 12.0. The van der Waals surface area contributed by atoms with Gasteiger partial charge in [0.25, 0.3) is 0 Å². The van der Waals surface area contributed by atoms with Gasteiger partial charge in [-0.1, -0.05) is 20.3 Å². The van der Waals surface area contributed by atoms with E-state index in [9.17, 15) is 4.79 Å². The van der Waals surface area contributed by atoms with Gasteiger partial charge in [-0.15, -0.1) is 0 Å². The minimum atomic E-state index is 0.368. The average Bonchev–Trinajstić information content (AvgIpc) is 2.86. The molecule has 2 aliphatic heterocycles. The van der Waals surface area contributed by atoms with E-state index in [0.29, 0.717) is 11.8 Å². The Kier molecular flexibility index (Phi) is 2.92. The lowest BCUT2D eigenvalue weighted by Gasteiger charge is -2.53. The van der Waals surface area contributed by atoms with Crippen LogP contribution < -0.4 is 0 Å². The Morgan fingerprint density at radius 1 is 1.18 bits per heavy atom. The SMILES string of the molecule is CCC1CCC(C(=O)N2CC3CC(C2)C3C)C1. The van der Waals surface area contributed by atoms with Gasteiger partial charge in [-0.3, -0.25) is 4.79 Å². The van der Waals surface area contributed by atoms with Crippen LogP contribution in [0.1, 0.15) is 46.0 Å². The number of nitrogens with zero attached hydrogens (tertiary/aromatic N) is 1. The number of rotatable bonds is 2. The Labute approximate surface area is 105 Å². The number of piperidine rings is 2. The van der Waals surface area contributed by atoms with Crippen LogP contribution in [0.25, 0.3) is 0 Å². The monoisotopic (exact) mass is 235 g/mol. The van der Waals surface area contributed by atoms with E-state index in [-0.39, 0.29) is 0 Å². The van der Waals surface area contributed by atoms with Gasteiger partial charge in [-0.25, -0.2) is 0 Å². The Morgan fingerprint density at radius 3 is 2.41 bits per heavy atom. The van der Waals surface area contributed by atoms with Gasteiger partial charge in [-0.2, -0.15) is 0 Å². The summed E-state index contributed by atoms with van der Waals surface area (Å²) >= 11 is 0. The van der Waals surface area contributed by atoms with Crippen molar-refractivity contribution < 1.29 is 4.79 Å². The van der Waals surface area contributed by atoms with E-state index in [4.69, 9.17) is 0 Å². The molecule has 4 rings (SSSR count). The highest BCUT2D eigenvalue weighted by molar-refractivity contribution is 5.79. The van der Waals surface area contributed by atoms with E-state index in [2.05, 4.69) is 18.7 Å². The predicted octanol–water partition coefficient (Wildman–Crippen LogP) is 2.93. The Hall–Kier alpha value is -0.530. The van der Waals surface area contributed by atoms with Crippen molar-refractivity contribution in [3.8, 4) is 0 Å². The summed E-state index contributed by atoms with van der Waals surface area (Å²) in [7, 11) is 0. The van der Waals surface area contributed by atoms with Gasteiger partial charge in [-0.05, 0) is 49.4 Å². The van der Waals surface area contributed by atoms with Crippen LogP contribution >= 0.6 is 0 Å². The molecule has 2 nitrogen and oxygen atoms in total. The normalized spacial score (nSPS) is 44.6. The molecule has 1 amide bonds. The molecule has 0 spiro atoms. The summed E-state index contributed by atoms with van der Waals surface area (Å²) in [6, 6.07) is 0. The second-order valence-electron chi connectivity index (χ2n) is 6.64. The molecule has 96 valence electrons. The van der Waals surface area contributed by atoms with E-state index in [1.54, 1.807) is 0 Å². The van der Waals surface area contributed by atoms with Gasteiger partial charge < -0.3 is 4.90 Å². The van der Waals surface area contributed by atoms with Crippen molar-refractivity contribution in [2.75, 3.05) is 13.1 Å². The number of carbonyl (C=O) groups excluding carboxylic acids is 1. The fourth-order valence-corrected chi connectivity index (χ4v) is 4.24. The van der Waals surface area contributed by atoms with Crippen molar-refractivity contribution in [1.82, 2.24) is 4.90 Å². The quantitative estimate of drug-likeness (QED) is 0.720. The first-order chi connectivity index (χ1) is 8.19. The van der Waals surface area contributed by atoms with Gasteiger partial charge in [0.15, 0.2) is 0 Å². The van der Waals surface area contributed by atoms with E-state index in [1.807, 2.05) is 0 Å². The number of hydrogen-bond donors (Lipinski definition) is 0. The van der Waals surface area contributed by atoms with E-state index in [1.165, 1.54) is 19.3 Å². The van der Waals surface area contributed by atoms with Crippen molar-refractivity contribution in [2.45, 2.75) is 46.0 Å². The highest BCUT2D eigenvalue weighted by atomic mass is 16.2. The highest BCUT2D eigenvalue weighted by Crippen LogP contribution is 2.46. The maximum absolute atomic E-state index is 12.5. The molecule has 2 aliphatic carbocycles. The maximum Gasteiger partial charge on any atom is 0.225 e. The number of hydrogen-bond acceptors (Lipinski definition) is 1. The number of carbonyl (C=O) groups is 1. The summed E-state index contributed by atoms with van der Waals surface area (Å²) in [5, 5.41) is 0. The Balaban J connectivity index is 1.57. The topological polar surface area (TPSA) is 20.3 Å². The lowest BCUT2D eigenvalue weighted by molar-refractivity contribution is -0.145. The van der Waals surface area contributed by atoms with Crippen LogP contribution in [0.4, 0.5) is 0 Å². The molecule has 0 aromatic carbocycles. The predicted molar refractivity (Wildman–Crippen MR) is 68.5 cm³/mol. The number of fused-ring (bicyclic) bond motifs is 2. The minimum Gasteiger partial charge on any atom is -0.342 e. The lowest BCUT2D eigenvalue weighted by atomic mass is 9.62. The summed E-state index contributed by atoms with van der Waals surface area (Å²) in [4.78, 5) is 14.7. The van der Waals surface area contributed by atoms with Gasteiger partial charge in [0, 0.05) is 19.0 Å². The molecule has 2 heterocycles. The molecule has 2 saturated carbocycles. The second kappa shape index (κ2) is 4.29. The zero-order valence-corrected chi connectivity index (χ0v) is 11.2. The molecular weight excluding hydrogens is 210 g/mol. The van der Waals surface area contributed by atoms with Crippen molar-refractivity contribution in [1.29, 1.82) is 0 Å². The molecule has 4 atom stereocenters. The third-order valence-corrected chi connectivity index (χ3v) is 5.78. The Bertz CT molecular complexity index is 302. The molecule has 2 bridgehead atoms. The molecule has 0 N–H and O–H groups in total. The molecule has 2 saturated heterocycles. The van der Waals surface area contributed by atoms with Crippen molar-refractivity contribution in [2.24, 2.45) is 29.6 Å². The number of amides is 1. The van der Waals surface area contributed by atoms with Crippen LogP contribution in [0.2, 0.25) is 0 Å². The second-order valence-corrected chi connectivity index (χ2v) is 6.64. The van der Waals surface area contributed by atoms with Gasteiger partial charge >= 0.3 is 0 Å². The largest absolute Gasteiger partial charge is 0.342 e. The smallest absolute Gasteiger partial charge is 0.225 e. The first-order valence-corrected chi connectivity index (χ1v) is 7.47. The van der Waals surface area contributed by atoms with Crippen molar-refractivity contribution >= 4 is 5.91 Å². The molecule has 4 aliphatic rings. The first kappa shape index (κ1) is 11.6. The van der Waals surface area contributed by atoms with E-state index in [0.717, 1.165) is 49.6 Å². The highest BCUT2D eigenvalue weighted by Gasteiger charge is 2.46. The minimum absolute atomic E-state index is 0.368. The summed E-state index contributed by atoms with van der Waals surface area (Å²) in [6.07, 6.45) is 6.23. The van der Waals surface area contributed by atoms with E-state index < -0.39 is 0 Å². The van der Waals surface area contributed by atoms with Crippen LogP contribution in [0.15, 0.2) is 0 Å². The molecule has 0 aromatic heterocycles. The summed E-state index contributed by atoms with van der Waals surface area (Å²) < 4.78 is 0. The fraction of sp³-hybridized carbons (Fsp3) is 0.933. The van der Waals surface area contributed by atoms with Crippen LogP contribution in [0.5, 0.6) is 0 Å². The van der Waals surface area contributed by atoms with Crippen LogP contribution in [0, 0.1) is 29.6 Å². The third kappa shape index (κ3) is 1.90. The van der Waals surface area contributed by atoms with Crippen LogP contribution in [-0.4, -0.2) is 23.9 Å². The zero-order valence-electron chi connectivity index (χ0n) is 11.2. The molecular formula is C15H25NO. The summed E-state index contributed by atoms with van der Waals surface area (Å²) in [5.41, 5.74) is 0. The third-order valence-electron chi connectivity index (χ3n) is 5.78. The molecule has 4 fully saturated rings.